The lowest BCUT2D eigenvalue weighted by Gasteiger charge is -2.36. The topological polar surface area (TPSA) is 32.5 Å². The average Bonchev–Trinajstić information content (AvgIpc) is 2.85. The second kappa shape index (κ2) is 8.47. The van der Waals surface area contributed by atoms with E-state index in [1.54, 1.807) is 0 Å². The van der Waals surface area contributed by atoms with Crippen molar-refractivity contribution in [3.8, 4) is 0 Å². The fourth-order valence-electron chi connectivity index (χ4n) is 6.47. The maximum atomic E-state index is 15.4. The van der Waals surface area contributed by atoms with Gasteiger partial charge in [-0.05, 0) is 78.3 Å². The molecule has 35 heavy (non-hydrogen) atoms. The molecule has 1 unspecified atom stereocenters. The predicted octanol–water partition coefficient (Wildman–Crippen LogP) is 3.27. The molecule has 3 aliphatic heterocycles. The van der Waals surface area contributed by atoms with Gasteiger partial charge >= 0.3 is 0 Å². The second-order valence-electron chi connectivity index (χ2n) is 10.1. The number of nitrogens with zero attached hydrogens (tertiary/aromatic N) is 2. The largest absolute Gasteiger partial charge is 0.374 e. The highest BCUT2D eigenvalue weighted by Gasteiger charge is 2.43. The first kappa shape index (κ1) is 22.8. The van der Waals surface area contributed by atoms with Crippen molar-refractivity contribution in [3.05, 3.63) is 86.9 Å². The molecule has 3 aliphatic rings. The molecule has 0 radical (unpaired) electrons. The Morgan fingerprint density at radius 3 is 2.57 bits per heavy atom. The summed E-state index contributed by atoms with van der Waals surface area (Å²) in [6, 6.07) is 17.5. The molecule has 0 aromatic heterocycles. The molecule has 4 nitrogen and oxygen atoms in total. The van der Waals surface area contributed by atoms with Crippen LogP contribution in [0, 0.1) is 6.92 Å². The molecule has 0 saturated carbocycles. The Hall–Kier alpha value is -2.68. The van der Waals surface area contributed by atoms with Crippen LogP contribution in [-0.2, 0) is 21.9 Å². The first-order chi connectivity index (χ1) is 17.0. The molecule has 0 N–H and O–H groups in total. The van der Waals surface area contributed by atoms with E-state index >= 15 is 4.57 Å². The van der Waals surface area contributed by atoms with E-state index in [2.05, 4.69) is 79.0 Å². The van der Waals surface area contributed by atoms with E-state index in [9.17, 15) is 0 Å². The van der Waals surface area contributed by atoms with Crippen molar-refractivity contribution in [1.29, 1.82) is 0 Å². The van der Waals surface area contributed by atoms with Gasteiger partial charge in [0.05, 0.1) is 17.2 Å². The zero-order valence-corrected chi connectivity index (χ0v) is 22.1. The highest BCUT2D eigenvalue weighted by Crippen LogP contribution is 2.51. The van der Waals surface area contributed by atoms with E-state index in [4.69, 9.17) is 4.52 Å². The molecule has 6 rings (SSSR count). The minimum Gasteiger partial charge on any atom is -0.374 e. The van der Waals surface area contributed by atoms with Gasteiger partial charge in [-0.2, -0.15) is 0 Å². The van der Waals surface area contributed by atoms with Gasteiger partial charge in [0.25, 0.3) is 7.37 Å². The van der Waals surface area contributed by atoms with Crippen LogP contribution < -0.4 is 30.7 Å². The van der Waals surface area contributed by atoms with Gasteiger partial charge < -0.3 is 9.42 Å². The Labute approximate surface area is 208 Å². The van der Waals surface area contributed by atoms with Gasteiger partial charge in [0, 0.05) is 37.3 Å². The number of hydrogen-bond acceptors (Lipinski definition) is 3. The molecule has 5 heteroatoms. The Balaban J connectivity index is 1.86. The maximum absolute atomic E-state index is 15.4. The summed E-state index contributed by atoms with van der Waals surface area (Å²) in [5.41, 5.74) is 8.36. The molecule has 0 saturated heterocycles. The van der Waals surface area contributed by atoms with Crippen LogP contribution in [-0.4, -0.2) is 33.8 Å². The molecular formula is C30H34N2O2P+. The predicted molar refractivity (Wildman–Crippen MR) is 145 cm³/mol. The van der Waals surface area contributed by atoms with Gasteiger partial charge in [0.15, 0.2) is 0 Å². The van der Waals surface area contributed by atoms with E-state index in [-0.39, 0.29) is 0 Å². The molecule has 0 fully saturated rings. The van der Waals surface area contributed by atoms with Crippen LogP contribution in [0.5, 0.6) is 0 Å². The molecule has 0 bridgehead atoms. The van der Waals surface area contributed by atoms with Crippen molar-refractivity contribution in [2.24, 2.45) is 0 Å². The number of rotatable bonds is 3. The van der Waals surface area contributed by atoms with Crippen LogP contribution in [0.3, 0.4) is 0 Å². The molecule has 0 spiro atoms. The quantitative estimate of drug-likeness (QED) is 0.422. The highest BCUT2D eigenvalue weighted by atomic mass is 31.2. The van der Waals surface area contributed by atoms with E-state index in [0.29, 0.717) is 6.61 Å². The van der Waals surface area contributed by atoms with Gasteiger partial charge in [-0.25, -0.2) is 4.58 Å². The van der Waals surface area contributed by atoms with Crippen LogP contribution in [0.1, 0.15) is 47.6 Å². The van der Waals surface area contributed by atoms with Gasteiger partial charge in [0.2, 0.25) is 5.36 Å². The number of aryl methyl sites for hydroxylation is 1. The Bertz CT molecular complexity index is 1540. The summed E-state index contributed by atoms with van der Waals surface area (Å²) in [6.07, 6.45) is 4.00. The van der Waals surface area contributed by atoms with Gasteiger partial charge in [-0.15, -0.1) is 0 Å². The van der Waals surface area contributed by atoms with E-state index in [1.807, 2.05) is 6.92 Å². The Kier molecular flexibility index (Phi) is 5.51. The number of benzene rings is 3. The van der Waals surface area contributed by atoms with Crippen LogP contribution in [0.15, 0.2) is 48.5 Å². The van der Waals surface area contributed by atoms with E-state index in [1.165, 1.54) is 38.9 Å². The smallest absolute Gasteiger partial charge is 0.263 e. The van der Waals surface area contributed by atoms with Gasteiger partial charge in [-0.3, -0.25) is 4.57 Å². The summed E-state index contributed by atoms with van der Waals surface area (Å²) < 4.78 is 24.2. The molecule has 180 valence electrons. The van der Waals surface area contributed by atoms with Crippen molar-refractivity contribution < 1.29 is 9.09 Å². The lowest BCUT2D eigenvalue weighted by atomic mass is 9.88. The molecule has 3 aromatic rings. The zero-order valence-electron chi connectivity index (χ0n) is 21.2. The molecule has 3 aromatic carbocycles. The zero-order chi connectivity index (χ0) is 24.3. The van der Waals surface area contributed by atoms with Crippen molar-refractivity contribution in [2.75, 3.05) is 38.7 Å². The maximum Gasteiger partial charge on any atom is 0.263 e. The third kappa shape index (κ3) is 3.30. The number of fused-ring (bicyclic) bond motifs is 6. The van der Waals surface area contributed by atoms with Gasteiger partial charge in [0.1, 0.15) is 13.6 Å². The Morgan fingerprint density at radius 1 is 0.971 bits per heavy atom. The second-order valence-corrected chi connectivity index (χ2v) is 12.4. The standard InChI is InChI=1S/C30H34N2O2P/c1-5-34-35(33)29-22-12-8-18-31(3)26(22)16-14-24(29)28(21-11-7-6-10-20(21)2)25-15-17-27-23(30(25)35)13-9-19-32(27)4/h6-7,10-11,14-17H,5,8-9,12-13,18-19H2,1-4H3/q+1. The minimum atomic E-state index is -3.31. The van der Waals surface area contributed by atoms with E-state index in [0.717, 1.165) is 60.2 Å². The fraction of sp³-hybridized carbons (Fsp3) is 0.367. The van der Waals surface area contributed by atoms with Crippen LogP contribution in [0.25, 0.3) is 5.57 Å². The van der Waals surface area contributed by atoms with Crippen molar-refractivity contribution in [2.45, 2.75) is 39.5 Å². The minimum absolute atomic E-state index is 0.425. The van der Waals surface area contributed by atoms with Crippen molar-refractivity contribution >= 4 is 29.2 Å². The summed E-state index contributed by atoms with van der Waals surface area (Å²) in [5, 5.41) is 4.19. The highest BCUT2D eigenvalue weighted by molar-refractivity contribution is 7.74. The van der Waals surface area contributed by atoms with Crippen LogP contribution >= 0.6 is 7.37 Å². The number of anilines is 1. The Morgan fingerprint density at radius 2 is 1.77 bits per heavy atom. The van der Waals surface area contributed by atoms with Crippen LogP contribution in [0.4, 0.5) is 5.69 Å². The summed E-state index contributed by atoms with van der Waals surface area (Å²) in [5.74, 6) is 0. The molecule has 1 atom stereocenters. The monoisotopic (exact) mass is 485 g/mol. The van der Waals surface area contributed by atoms with Crippen LogP contribution in [0.2, 0.25) is 0 Å². The summed E-state index contributed by atoms with van der Waals surface area (Å²) in [7, 11) is 0.982. The van der Waals surface area contributed by atoms with Crippen molar-refractivity contribution in [1.82, 2.24) is 4.58 Å². The molecule has 3 heterocycles. The summed E-state index contributed by atoms with van der Waals surface area (Å²) in [6.45, 7) is 6.62. The third-order valence-electron chi connectivity index (χ3n) is 8.03. The van der Waals surface area contributed by atoms with Gasteiger partial charge in [-0.1, -0.05) is 30.3 Å². The third-order valence-corrected chi connectivity index (χ3v) is 10.9. The molecular weight excluding hydrogens is 451 g/mol. The van der Waals surface area contributed by atoms with E-state index < -0.39 is 7.37 Å². The summed E-state index contributed by atoms with van der Waals surface area (Å²) >= 11 is 0. The fourth-order valence-corrected chi connectivity index (χ4v) is 9.49. The molecule has 0 aliphatic carbocycles. The first-order valence-electron chi connectivity index (χ1n) is 12.9. The van der Waals surface area contributed by atoms with Crippen molar-refractivity contribution in [3.63, 3.8) is 0 Å². The summed E-state index contributed by atoms with van der Waals surface area (Å²) in [4.78, 5) is 2.31. The molecule has 0 amide bonds. The SMILES string of the molecule is CCOP1(=O)c2c(ccc3c2CCCN3C)C(c2ccccc2C)=c2ccc3c(c21)CCC[N+]=3C. The first-order valence-corrected chi connectivity index (χ1v) is 14.5. The average molecular weight is 486 g/mol. The normalized spacial score (nSPS) is 20.7. The number of hydrogen-bond donors (Lipinski definition) is 0. The lowest BCUT2D eigenvalue weighted by Crippen LogP contribution is -2.48. The lowest BCUT2D eigenvalue weighted by molar-refractivity contribution is 0.347.